The van der Waals surface area contributed by atoms with Gasteiger partial charge in [-0.15, -0.1) is 11.3 Å². The van der Waals surface area contributed by atoms with Crippen LogP contribution in [0.25, 0.3) is 21.6 Å². The Labute approximate surface area is 141 Å². The zero-order valence-corrected chi connectivity index (χ0v) is 13.7. The van der Waals surface area contributed by atoms with Crippen LogP contribution in [0.15, 0.2) is 41.8 Å². The summed E-state index contributed by atoms with van der Waals surface area (Å²) in [6.07, 6.45) is 0. The zero-order chi connectivity index (χ0) is 16.5. The molecule has 0 amide bonds. The third kappa shape index (κ3) is 2.85. The molecule has 24 heavy (non-hydrogen) atoms. The minimum atomic E-state index is -0.282. The SMILES string of the molecule is Cc1cc(NCc2nc(-c3cccs3)n[nH]2)c2cc(F)ccc2n1. The van der Waals surface area contributed by atoms with Crippen LogP contribution >= 0.6 is 11.3 Å². The molecule has 120 valence electrons. The van der Waals surface area contributed by atoms with Crippen LogP contribution in [0.3, 0.4) is 0 Å². The molecule has 3 heterocycles. The van der Waals surface area contributed by atoms with Gasteiger partial charge in [0.25, 0.3) is 0 Å². The molecule has 0 aliphatic carbocycles. The predicted molar refractivity (Wildman–Crippen MR) is 93.5 cm³/mol. The first kappa shape index (κ1) is 14.8. The van der Waals surface area contributed by atoms with Crippen molar-refractivity contribution >= 4 is 27.9 Å². The highest BCUT2D eigenvalue weighted by Crippen LogP contribution is 2.25. The molecule has 3 aromatic heterocycles. The molecule has 7 heteroatoms. The molecule has 0 atom stereocenters. The Morgan fingerprint density at radius 2 is 2.12 bits per heavy atom. The van der Waals surface area contributed by atoms with Gasteiger partial charge in [0.15, 0.2) is 5.82 Å². The summed E-state index contributed by atoms with van der Waals surface area (Å²) in [4.78, 5) is 9.93. The third-order valence-corrected chi connectivity index (χ3v) is 4.48. The number of hydrogen-bond acceptors (Lipinski definition) is 5. The quantitative estimate of drug-likeness (QED) is 0.586. The first-order valence-electron chi connectivity index (χ1n) is 7.45. The number of rotatable bonds is 4. The molecule has 1 aromatic carbocycles. The van der Waals surface area contributed by atoms with Crippen LogP contribution in [0.5, 0.6) is 0 Å². The first-order valence-corrected chi connectivity index (χ1v) is 8.33. The fourth-order valence-electron chi connectivity index (χ4n) is 2.55. The predicted octanol–water partition coefficient (Wildman–Crippen LogP) is 4.14. The van der Waals surface area contributed by atoms with Crippen molar-refractivity contribution in [3.05, 3.63) is 59.1 Å². The second kappa shape index (κ2) is 6.01. The lowest BCUT2D eigenvalue weighted by atomic mass is 10.1. The summed E-state index contributed by atoms with van der Waals surface area (Å²) in [5.74, 6) is 1.12. The van der Waals surface area contributed by atoms with E-state index >= 15 is 0 Å². The lowest BCUT2D eigenvalue weighted by Gasteiger charge is -2.09. The molecule has 0 unspecified atom stereocenters. The average Bonchev–Trinajstić information content (AvgIpc) is 3.24. The Bertz CT molecular complexity index is 994. The third-order valence-electron chi connectivity index (χ3n) is 3.62. The Morgan fingerprint density at radius 3 is 2.96 bits per heavy atom. The van der Waals surface area contributed by atoms with Crippen LogP contribution in [-0.4, -0.2) is 20.2 Å². The van der Waals surface area contributed by atoms with Gasteiger partial charge in [-0.05, 0) is 42.6 Å². The van der Waals surface area contributed by atoms with Gasteiger partial charge < -0.3 is 5.32 Å². The molecule has 2 N–H and O–H groups in total. The lowest BCUT2D eigenvalue weighted by molar-refractivity contribution is 0.629. The van der Waals surface area contributed by atoms with E-state index in [2.05, 4.69) is 25.5 Å². The Kier molecular flexibility index (Phi) is 3.70. The van der Waals surface area contributed by atoms with E-state index in [1.165, 1.54) is 12.1 Å². The van der Waals surface area contributed by atoms with Gasteiger partial charge in [0, 0.05) is 16.8 Å². The van der Waals surface area contributed by atoms with Gasteiger partial charge in [-0.2, -0.15) is 5.10 Å². The molecule has 0 spiro atoms. The number of fused-ring (bicyclic) bond motifs is 1. The monoisotopic (exact) mass is 339 g/mol. The van der Waals surface area contributed by atoms with Crippen LogP contribution < -0.4 is 5.32 Å². The van der Waals surface area contributed by atoms with Crippen molar-refractivity contribution in [2.45, 2.75) is 13.5 Å². The number of halogens is 1. The topological polar surface area (TPSA) is 66.5 Å². The maximum absolute atomic E-state index is 13.6. The van der Waals surface area contributed by atoms with E-state index in [4.69, 9.17) is 0 Å². The number of aryl methyl sites for hydroxylation is 1. The molecule has 0 saturated carbocycles. The minimum Gasteiger partial charge on any atom is -0.377 e. The van der Waals surface area contributed by atoms with E-state index in [0.29, 0.717) is 12.4 Å². The van der Waals surface area contributed by atoms with Crippen molar-refractivity contribution in [1.82, 2.24) is 20.2 Å². The van der Waals surface area contributed by atoms with E-state index < -0.39 is 0 Å². The van der Waals surface area contributed by atoms with Crippen molar-refractivity contribution in [3.8, 4) is 10.7 Å². The van der Waals surface area contributed by atoms with Gasteiger partial charge >= 0.3 is 0 Å². The molecule has 0 aliphatic heterocycles. The summed E-state index contributed by atoms with van der Waals surface area (Å²) in [7, 11) is 0. The lowest BCUT2D eigenvalue weighted by Crippen LogP contribution is -2.03. The second-order valence-electron chi connectivity index (χ2n) is 5.41. The average molecular weight is 339 g/mol. The standard InChI is InChI=1S/C17H14FN5S/c1-10-7-14(12-8-11(18)4-5-13(12)20-10)19-9-16-21-17(23-22-16)15-3-2-6-24-15/h2-8H,9H2,1H3,(H,19,20)(H,21,22,23). The Balaban J connectivity index is 1.60. The van der Waals surface area contributed by atoms with E-state index in [-0.39, 0.29) is 5.82 Å². The normalized spacial score (nSPS) is 11.1. The number of aromatic nitrogens is 4. The number of benzene rings is 1. The van der Waals surface area contributed by atoms with Gasteiger partial charge in [0.05, 0.1) is 16.9 Å². The van der Waals surface area contributed by atoms with Crippen molar-refractivity contribution in [2.24, 2.45) is 0 Å². The van der Waals surface area contributed by atoms with E-state index in [1.807, 2.05) is 30.5 Å². The van der Waals surface area contributed by atoms with Crippen molar-refractivity contribution in [3.63, 3.8) is 0 Å². The number of thiophene rings is 1. The number of anilines is 1. The summed E-state index contributed by atoms with van der Waals surface area (Å²) in [5, 5.41) is 13.2. The summed E-state index contributed by atoms with van der Waals surface area (Å²) in [5.41, 5.74) is 2.45. The highest BCUT2D eigenvalue weighted by molar-refractivity contribution is 7.13. The molecule has 4 rings (SSSR count). The molecular formula is C17H14FN5S. The van der Waals surface area contributed by atoms with Crippen LogP contribution in [0.1, 0.15) is 11.5 Å². The van der Waals surface area contributed by atoms with Gasteiger partial charge in [0.1, 0.15) is 11.6 Å². The van der Waals surface area contributed by atoms with Crippen molar-refractivity contribution in [1.29, 1.82) is 0 Å². The number of nitrogens with one attached hydrogen (secondary N) is 2. The van der Waals surface area contributed by atoms with Gasteiger partial charge in [-0.25, -0.2) is 9.37 Å². The molecule has 0 radical (unpaired) electrons. The van der Waals surface area contributed by atoms with Gasteiger partial charge in [0.2, 0.25) is 0 Å². The van der Waals surface area contributed by atoms with E-state index in [0.717, 1.165) is 33.0 Å². The van der Waals surface area contributed by atoms with E-state index in [9.17, 15) is 4.39 Å². The van der Waals surface area contributed by atoms with Crippen molar-refractivity contribution in [2.75, 3.05) is 5.32 Å². The van der Waals surface area contributed by atoms with Crippen LogP contribution in [0.2, 0.25) is 0 Å². The van der Waals surface area contributed by atoms with Crippen LogP contribution in [-0.2, 0) is 6.54 Å². The summed E-state index contributed by atoms with van der Waals surface area (Å²) < 4.78 is 13.6. The number of pyridine rings is 1. The first-order chi connectivity index (χ1) is 11.7. The molecular weight excluding hydrogens is 325 g/mol. The molecule has 0 bridgehead atoms. The summed E-state index contributed by atoms with van der Waals surface area (Å²) >= 11 is 1.59. The Morgan fingerprint density at radius 1 is 1.21 bits per heavy atom. The zero-order valence-electron chi connectivity index (χ0n) is 12.9. The summed E-state index contributed by atoms with van der Waals surface area (Å²) in [6, 6.07) is 10.4. The minimum absolute atomic E-state index is 0.282. The molecule has 5 nitrogen and oxygen atoms in total. The van der Waals surface area contributed by atoms with Crippen LogP contribution in [0, 0.1) is 12.7 Å². The van der Waals surface area contributed by atoms with E-state index in [1.54, 1.807) is 17.4 Å². The number of aromatic amines is 1. The molecule has 0 fully saturated rings. The number of nitrogens with zero attached hydrogens (tertiary/aromatic N) is 3. The summed E-state index contributed by atoms with van der Waals surface area (Å²) in [6.45, 7) is 2.38. The molecule has 0 aliphatic rings. The fraction of sp³-hybridized carbons (Fsp3) is 0.118. The number of hydrogen-bond donors (Lipinski definition) is 2. The molecule has 0 saturated heterocycles. The van der Waals surface area contributed by atoms with Gasteiger partial charge in [-0.1, -0.05) is 6.07 Å². The fourth-order valence-corrected chi connectivity index (χ4v) is 3.20. The van der Waals surface area contributed by atoms with Gasteiger partial charge in [-0.3, -0.25) is 10.1 Å². The maximum atomic E-state index is 13.6. The molecule has 4 aromatic rings. The van der Waals surface area contributed by atoms with Crippen molar-refractivity contribution < 1.29 is 4.39 Å². The highest BCUT2D eigenvalue weighted by Gasteiger charge is 2.09. The number of H-pyrrole nitrogens is 1. The second-order valence-corrected chi connectivity index (χ2v) is 6.36. The largest absolute Gasteiger partial charge is 0.377 e. The maximum Gasteiger partial charge on any atom is 0.191 e. The highest BCUT2D eigenvalue weighted by atomic mass is 32.1. The smallest absolute Gasteiger partial charge is 0.191 e. The van der Waals surface area contributed by atoms with Crippen LogP contribution in [0.4, 0.5) is 10.1 Å². The Hall–Kier alpha value is -2.80.